The van der Waals surface area contributed by atoms with Gasteiger partial charge in [0.05, 0.1) is 6.42 Å². The molecule has 0 aliphatic carbocycles. The van der Waals surface area contributed by atoms with Crippen molar-refractivity contribution >= 4 is 5.91 Å². The highest BCUT2D eigenvalue weighted by molar-refractivity contribution is 5.79. The zero-order valence-corrected chi connectivity index (χ0v) is 13.2. The SMILES string of the molecule is CCc1ccc(CC(=O)NC(C)(CN)CC(C)C)cc1. The number of hydrogen-bond donors (Lipinski definition) is 2. The molecule has 112 valence electrons. The molecule has 1 unspecified atom stereocenters. The summed E-state index contributed by atoms with van der Waals surface area (Å²) < 4.78 is 0. The van der Waals surface area contributed by atoms with Crippen LogP contribution in [0.4, 0.5) is 0 Å². The van der Waals surface area contributed by atoms with Crippen LogP contribution in [-0.4, -0.2) is 18.0 Å². The molecule has 1 aromatic carbocycles. The van der Waals surface area contributed by atoms with Crippen LogP contribution in [0, 0.1) is 5.92 Å². The second-order valence-electron chi connectivity index (χ2n) is 6.26. The van der Waals surface area contributed by atoms with Crippen LogP contribution < -0.4 is 11.1 Å². The standard InChI is InChI=1S/C17H28N2O/c1-5-14-6-8-15(9-7-14)10-16(20)19-17(4,12-18)11-13(2)3/h6-9,13H,5,10-12,18H2,1-4H3,(H,19,20). The molecule has 0 spiro atoms. The van der Waals surface area contributed by atoms with Crippen molar-refractivity contribution in [1.29, 1.82) is 0 Å². The lowest BCUT2D eigenvalue weighted by Crippen LogP contribution is -2.52. The molecule has 1 aromatic rings. The number of rotatable bonds is 7. The maximum absolute atomic E-state index is 12.2. The summed E-state index contributed by atoms with van der Waals surface area (Å²) in [4.78, 5) is 12.2. The summed E-state index contributed by atoms with van der Waals surface area (Å²) in [5.41, 5.74) is 7.85. The molecule has 0 heterocycles. The summed E-state index contributed by atoms with van der Waals surface area (Å²) in [5, 5.41) is 3.09. The third-order valence-electron chi connectivity index (χ3n) is 3.55. The lowest BCUT2D eigenvalue weighted by atomic mass is 9.90. The van der Waals surface area contributed by atoms with Crippen molar-refractivity contribution in [1.82, 2.24) is 5.32 Å². The molecule has 0 saturated heterocycles. The highest BCUT2D eigenvalue weighted by Crippen LogP contribution is 2.15. The van der Waals surface area contributed by atoms with E-state index in [-0.39, 0.29) is 11.4 Å². The van der Waals surface area contributed by atoms with E-state index in [1.54, 1.807) is 0 Å². The Hall–Kier alpha value is -1.35. The average Bonchev–Trinajstić information content (AvgIpc) is 2.38. The molecule has 0 aliphatic heterocycles. The summed E-state index contributed by atoms with van der Waals surface area (Å²) in [6, 6.07) is 8.22. The molecule has 0 aliphatic rings. The Balaban J connectivity index is 2.61. The number of benzene rings is 1. The van der Waals surface area contributed by atoms with Gasteiger partial charge in [-0.15, -0.1) is 0 Å². The molecule has 1 amide bonds. The monoisotopic (exact) mass is 276 g/mol. The van der Waals surface area contributed by atoms with Gasteiger partial charge in [0, 0.05) is 12.1 Å². The van der Waals surface area contributed by atoms with Gasteiger partial charge in [0.25, 0.3) is 0 Å². The van der Waals surface area contributed by atoms with E-state index in [9.17, 15) is 4.79 Å². The first-order chi connectivity index (χ1) is 9.38. The van der Waals surface area contributed by atoms with Gasteiger partial charge in [0.2, 0.25) is 5.91 Å². The summed E-state index contributed by atoms with van der Waals surface area (Å²) in [6.45, 7) is 8.89. The lowest BCUT2D eigenvalue weighted by Gasteiger charge is -2.31. The van der Waals surface area contributed by atoms with E-state index in [2.05, 4.69) is 38.2 Å². The van der Waals surface area contributed by atoms with Gasteiger partial charge < -0.3 is 11.1 Å². The normalized spacial score (nSPS) is 14.1. The predicted molar refractivity (Wildman–Crippen MR) is 84.6 cm³/mol. The molecule has 3 heteroatoms. The number of carbonyl (C=O) groups is 1. The Bertz CT molecular complexity index is 425. The minimum atomic E-state index is -0.311. The van der Waals surface area contributed by atoms with Gasteiger partial charge >= 0.3 is 0 Å². The number of aryl methyl sites for hydroxylation is 1. The first kappa shape index (κ1) is 16.7. The zero-order valence-electron chi connectivity index (χ0n) is 13.2. The minimum Gasteiger partial charge on any atom is -0.349 e. The van der Waals surface area contributed by atoms with Gasteiger partial charge in [-0.05, 0) is 36.8 Å². The van der Waals surface area contributed by atoms with Gasteiger partial charge in [-0.1, -0.05) is 45.0 Å². The van der Waals surface area contributed by atoms with Crippen LogP contribution in [0.15, 0.2) is 24.3 Å². The number of hydrogen-bond acceptors (Lipinski definition) is 2. The number of nitrogens with two attached hydrogens (primary N) is 1. The van der Waals surface area contributed by atoms with Gasteiger partial charge in [-0.25, -0.2) is 0 Å². The van der Waals surface area contributed by atoms with Crippen LogP contribution in [-0.2, 0) is 17.6 Å². The highest BCUT2D eigenvalue weighted by Gasteiger charge is 2.25. The fourth-order valence-corrected chi connectivity index (χ4v) is 2.55. The predicted octanol–water partition coefficient (Wildman–Crippen LogP) is 2.67. The molecule has 0 radical (unpaired) electrons. The topological polar surface area (TPSA) is 55.1 Å². The number of nitrogens with one attached hydrogen (secondary N) is 1. The summed E-state index contributed by atoms with van der Waals surface area (Å²) >= 11 is 0. The summed E-state index contributed by atoms with van der Waals surface area (Å²) in [5.74, 6) is 0.551. The van der Waals surface area contributed by atoms with Crippen molar-refractivity contribution < 1.29 is 4.79 Å². The van der Waals surface area contributed by atoms with E-state index < -0.39 is 0 Å². The van der Waals surface area contributed by atoms with Crippen molar-refractivity contribution in [3.8, 4) is 0 Å². The van der Waals surface area contributed by atoms with Crippen LogP contribution >= 0.6 is 0 Å². The maximum atomic E-state index is 12.2. The van der Waals surface area contributed by atoms with Crippen molar-refractivity contribution in [2.24, 2.45) is 11.7 Å². The van der Waals surface area contributed by atoms with E-state index in [4.69, 9.17) is 5.73 Å². The molecule has 0 bridgehead atoms. The molecule has 1 rings (SSSR count). The minimum absolute atomic E-state index is 0.0443. The second kappa shape index (κ2) is 7.44. The van der Waals surface area contributed by atoms with E-state index >= 15 is 0 Å². The Morgan fingerprint density at radius 3 is 2.25 bits per heavy atom. The Morgan fingerprint density at radius 2 is 1.80 bits per heavy atom. The van der Waals surface area contributed by atoms with Crippen LogP contribution in [0.1, 0.15) is 45.2 Å². The smallest absolute Gasteiger partial charge is 0.224 e. The first-order valence-electron chi connectivity index (χ1n) is 7.47. The van der Waals surface area contributed by atoms with E-state index in [0.29, 0.717) is 18.9 Å². The van der Waals surface area contributed by atoms with E-state index in [1.807, 2.05) is 19.1 Å². The van der Waals surface area contributed by atoms with Crippen molar-refractivity contribution in [2.45, 2.75) is 52.5 Å². The van der Waals surface area contributed by atoms with Gasteiger partial charge in [-0.3, -0.25) is 4.79 Å². The lowest BCUT2D eigenvalue weighted by molar-refractivity contribution is -0.122. The molecule has 0 aromatic heterocycles. The number of amides is 1. The number of carbonyl (C=O) groups excluding carboxylic acids is 1. The summed E-state index contributed by atoms with van der Waals surface area (Å²) in [7, 11) is 0. The Labute approximate surface area is 122 Å². The quantitative estimate of drug-likeness (QED) is 0.804. The molecular formula is C17H28N2O. The molecule has 20 heavy (non-hydrogen) atoms. The van der Waals surface area contributed by atoms with E-state index in [1.165, 1.54) is 5.56 Å². The van der Waals surface area contributed by atoms with E-state index in [0.717, 1.165) is 18.4 Å². The largest absolute Gasteiger partial charge is 0.349 e. The molecule has 1 atom stereocenters. The van der Waals surface area contributed by atoms with Crippen LogP contribution in [0.25, 0.3) is 0 Å². The van der Waals surface area contributed by atoms with Crippen molar-refractivity contribution in [3.63, 3.8) is 0 Å². The van der Waals surface area contributed by atoms with Crippen LogP contribution in [0.2, 0.25) is 0 Å². The maximum Gasteiger partial charge on any atom is 0.224 e. The van der Waals surface area contributed by atoms with Crippen molar-refractivity contribution in [3.05, 3.63) is 35.4 Å². The molecule has 0 fully saturated rings. The Morgan fingerprint density at radius 1 is 1.25 bits per heavy atom. The summed E-state index contributed by atoms with van der Waals surface area (Å²) in [6.07, 6.45) is 2.33. The van der Waals surface area contributed by atoms with Crippen LogP contribution in [0.5, 0.6) is 0 Å². The third-order valence-corrected chi connectivity index (χ3v) is 3.55. The third kappa shape index (κ3) is 5.33. The molecule has 3 nitrogen and oxygen atoms in total. The fourth-order valence-electron chi connectivity index (χ4n) is 2.55. The zero-order chi connectivity index (χ0) is 15.2. The van der Waals surface area contributed by atoms with Crippen LogP contribution in [0.3, 0.4) is 0 Å². The van der Waals surface area contributed by atoms with Crippen molar-refractivity contribution in [2.75, 3.05) is 6.54 Å². The second-order valence-corrected chi connectivity index (χ2v) is 6.26. The first-order valence-corrected chi connectivity index (χ1v) is 7.47. The van der Waals surface area contributed by atoms with Gasteiger partial charge in [0.1, 0.15) is 0 Å². The molecular weight excluding hydrogens is 248 g/mol. The average molecular weight is 276 g/mol. The highest BCUT2D eigenvalue weighted by atomic mass is 16.1. The molecule has 0 saturated carbocycles. The van der Waals surface area contributed by atoms with Gasteiger partial charge in [-0.2, -0.15) is 0 Å². The Kier molecular flexibility index (Phi) is 6.21. The molecule has 3 N–H and O–H groups in total. The fraction of sp³-hybridized carbons (Fsp3) is 0.588. The van der Waals surface area contributed by atoms with Gasteiger partial charge in [0.15, 0.2) is 0 Å².